The Morgan fingerprint density at radius 3 is 2.49 bits per heavy atom. The Bertz CT molecular complexity index is 1290. The van der Waals surface area contributed by atoms with Gasteiger partial charge in [0.25, 0.3) is 5.91 Å². The van der Waals surface area contributed by atoms with Crippen LogP contribution in [0.5, 0.6) is 5.75 Å². The van der Waals surface area contributed by atoms with Crippen LogP contribution in [0.2, 0.25) is 0 Å². The van der Waals surface area contributed by atoms with Gasteiger partial charge in [0.1, 0.15) is 18.2 Å². The molecule has 1 unspecified atom stereocenters. The Morgan fingerprint density at radius 1 is 1.18 bits per heavy atom. The Labute approximate surface area is 229 Å². The largest absolute Gasteiger partial charge is 0.489 e. The molecule has 8 nitrogen and oxygen atoms in total. The van der Waals surface area contributed by atoms with Crippen LogP contribution in [-0.4, -0.2) is 78.1 Å². The van der Waals surface area contributed by atoms with E-state index in [1.165, 1.54) is 18.2 Å². The molecule has 2 saturated heterocycles. The van der Waals surface area contributed by atoms with Gasteiger partial charge in [-0.1, -0.05) is 0 Å². The van der Waals surface area contributed by atoms with Crippen LogP contribution in [0.4, 0.5) is 28.9 Å². The van der Waals surface area contributed by atoms with Crippen molar-refractivity contribution in [1.82, 2.24) is 14.8 Å². The molecule has 1 aromatic heterocycles. The van der Waals surface area contributed by atoms with Gasteiger partial charge in [-0.15, -0.1) is 12.6 Å². The first-order chi connectivity index (χ1) is 18.5. The van der Waals surface area contributed by atoms with Crippen LogP contribution in [0.25, 0.3) is 0 Å². The number of likely N-dealkylation sites (N-methyl/N-ethyl adjacent to an activating group) is 1. The van der Waals surface area contributed by atoms with Gasteiger partial charge in [-0.2, -0.15) is 18.4 Å². The van der Waals surface area contributed by atoms with E-state index in [9.17, 15) is 18.0 Å². The van der Waals surface area contributed by atoms with Gasteiger partial charge in [0.2, 0.25) is 0 Å². The average molecular weight is 565 g/mol. The molecule has 208 valence electrons. The highest BCUT2D eigenvalue weighted by Crippen LogP contribution is 2.50. The quantitative estimate of drug-likeness (QED) is 0.424. The minimum Gasteiger partial charge on any atom is -0.489 e. The van der Waals surface area contributed by atoms with Gasteiger partial charge in [-0.25, -0.2) is 9.37 Å². The number of aromatic nitrogens is 1. The lowest BCUT2D eigenvalue weighted by molar-refractivity contribution is -0.138. The second-order valence-corrected chi connectivity index (χ2v) is 10.5. The molecule has 3 fully saturated rings. The molecular weight excluding hydrogens is 536 g/mol. The Balaban J connectivity index is 1.37. The van der Waals surface area contributed by atoms with Gasteiger partial charge in [0.15, 0.2) is 22.8 Å². The summed E-state index contributed by atoms with van der Waals surface area (Å²) in [4.78, 5) is 24.5. The molecular formula is C26H28F4N6O2S. The minimum absolute atomic E-state index is 0.0831. The molecule has 13 heteroatoms. The summed E-state index contributed by atoms with van der Waals surface area (Å²) < 4.78 is 61.6. The monoisotopic (exact) mass is 564 g/mol. The number of piperazine rings is 1. The molecule has 1 spiro atoms. The molecule has 1 atom stereocenters. The van der Waals surface area contributed by atoms with E-state index in [1.807, 2.05) is 0 Å². The summed E-state index contributed by atoms with van der Waals surface area (Å²) >= 11 is 4.60. The van der Waals surface area contributed by atoms with E-state index in [1.54, 1.807) is 11.0 Å². The number of benzene rings is 1. The summed E-state index contributed by atoms with van der Waals surface area (Å²) in [6.07, 6.45) is -2.16. The van der Waals surface area contributed by atoms with Gasteiger partial charge in [-0.05, 0) is 44.5 Å². The van der Waals surface area contributed by atoms with Crippen LogP contribution in [0.15, 0.2) is 30.5 Å². The van der Waals surface area contributed by atoms with Crippen molar-refractivity contribution in [2.75, 3.05) is 56.2 Å². The number of pyridine rings is 1. The highest BCUT2D eigenvalue weighted by molar-refractivity contribution is 7.81. The Morgan fingerprint density at radius 2 is 1.90 bits per heavy atom. The van der Waals surface area contributed by atoms with E-state index in [-0.39, 0.29) is 11.4 Å². The molecule has 3 aliphatic rings. The number of anilines is 2. The van der Waals surface area contributed by atoms with Crippen molar-refractivity contribution in [2.24, 2.45) is 0 Å². The van der Waals surface area contributed by atoms with E-state index >= 15 is 4.39 Å². The van der Waals surface area contributed by atoms with Crippen LogP contribution in [-0.2, 0) is 11.0 Å². The Kier molecular flexibility index (Phi) is 7.39. The average Bonchev–Trinajstić information content (AvgIpc) is 3.12. The number of carbonyl (C=O) groups excluding carboxylic acids is 1. The molecule has 3 heterocycles. The number of rotatable bonds is 6. The van der Waals surface area contributed by atoms with Crippen LogP contribution in [0.1, 0.15) is 30.5 Å². The minimum atomic E-state index is -4.83. The van der Waals surface area contributed by atoms with Gasteiger partial charge >= 0.3 is 6.18 Å². The first kappa shape index (κ1) is 27.5. The van der Waals surface area contributed by atoms with Crippen molar-refractivity contribution in [3.05, 3.63) is 47.5 Å². The number of alkyl halides is 3. The third kappa shape index (κ3) is 5.01. The highest BCUT2D eigenvalue weighted by Gasteiger charge is 2.60. The molecule has 39 heavy (non-hydrogen) atoms. The van der Waals surface area contributed by atoms with Crippen molar-refractivity contribution in [3.8, 4) is 11.8 Å². The van der Waals surface area contributed by atoms with Crippen LogP contribution in [0.3, 0.4) is 0 Å². The van der Waals surface area contributed by atoms with Crippen molar-refractivity contribution < 1.29 is 27.1 Å². The number of hydrogen-bond acceptors (Lipinski definition) is 8. The molecule has 1 amide bonds. The number of ether oxygens (including phenoxy) is 1. The van der Waals surface area contributed by atoms with Gasteiger partial charge < -0.3 is 14.5 Å². The highest BCUT2D eigenvalue weighted by atomic mass is 32.1. The molecule has 1 saturated carbocycles. The van der Waals surface area contributed by atoms with Crippen molar-refractivity contribution >= 4 is 29.9 Å². The lowest BCUT2D eigenvalue weighted by atomic mass is 9.75. The molecule has 0 radical (unpaired) electrons. The maximum absolute atomic E-state index is 15.1. The predicted octanol–water partition coefficient (Wildman–Crippen LogP) is 3.73. The summed E-state index contributed by atoms with van der Waals surface area (Å²) in [6, 6.07) is 6.57. The second-order valence-electron chi connectivity index (χ2n) is 10.1. The van der Waals surface area contributed by atoms with E-state index in [2.05, 4.69) is 34.5 Å². The lowest BCUT2D eigenvalue weighted by Gasteiger charge is -2.44. The van der Waals surface area contributed by atoms with Crippen molar-refractivity contribution in [2.45, 2.75) is 36.5 Å². The van der Waals surface area contributed by atoms with Gasteiger partial charge in [0, 0.05) is 44.5 Å². The number of nitrogens with zero attached hydrogens (tertiary/aromatic N) is 6. The molecule has 0 N–H and O–H groups in total. The van der Waals surface area contributed by atoms with Crippen LogP contribution < -0.4 is 14.5 Å². The zero-order valence-corrected chi connectivity index (χ0v) is 22.2. The normalized spacial score (nSPS) is 21.8. The summed E-state index contributed by atoms with van der Waals surface area (Å²) in [5, 5.41) is 9.08. The summed E-state index contributed by atoms with van der Waals surface area (Å²) in [6.45, 7) is 4.78. The lowest BCUT2D eigenvalue weighted by Crippen LogP contribution is -2.55. The van der Waals surface area contributed by atoms with Crippen LogP contribution >= 0.6 is 12.6 Å². The number of hydrogen-bond donors (Lipinski definition) is 1. The number of carbonyl (C=O) groups is 1. The number of halogens is 4. The molecule has 1 aromatic carbocycles. The number of amides is 1. The third-order valence-corrected chi connectivity index (χ3v) is 8.20. The molecule has 2 aromatic rings. The fourth-order valence-corrected chi connectivity index (χ4v) is 5.96. The number of nitriles is 1. The predicted molar refractivity (Wildman–Crippen MR) is 139 cm³/mol. The standard InChI is InChI=1S/C26H28F4N6O2S/c1-33-7-9-34(10-8-33)11-12-38-22-4-3-17(14-20(22)27)36-24(39)35(23(37)25(36)5-2-6-25)18-13-19(26(28,29)30)21(15-31)32-16-18/h3-4,13-14,16,24,39H,2,5-12H2,1H3. The van der Waals surface area contributed by atoms with E-state index in [0.717, 1.165) is 49.8 Å². The fourth-order valence-electron chi connectivity index (χ4n) is 5.37. The first-order valence-electron chi connectivity index (χ1n) is 12.7. The smallest absolute Gasteiger partial charge is 0.419 e. The van der Waals surface area contributed by atoms with E-state index in [0.29, 0.717) is 31.7 Å². The number of thiol groups is 1. The summed E-state index contributed by atoms with van der Waals surface area (Å²) in [5.41, 5.74) is -3.86. The summed E-state index contributed by atoms with van der Waals surface area (Å²) in [7, 11) is 2.07. The molecule has 0 bridgehead atoms. The Hall–Kier alpha value is -3.08. The van der Waals surface area contributed by atoms with Crippen molar-refractivity contribution in [3.63, 3.8) is 0 Å². The van der Waals surface area contributed by atoms with E-state index < -0.39 is 40.2 Å². The second kappa shape index (κ2) is 10.5. The topological polar surface area (TPSA) is 75.9 Å². The van der Waals surface area contributed by atoms with Crippen LogP contribution in [0, 0.1) is 17.1 Å². The molecule has 2 aliphatic heterocycles. The maximum Gasteiger partial charge on any atom is 0.419 e. The SMILES string of the molecule is CN1CCN(CCOc2ccc(N3C(S)N(c4cnc(C#N)c(C(F)(F)F)c4)C(=O)C34CCC4)cc2F)CC1. The fraction of sp³-hybridized carbons (Fsp3) is 0.500. The van der Waals surface area contributed by atoms with Gasteiger partial charge in [-0.3, -0.25) is 14.6 Å². The van der Waals surface area contributed by atoms with Gasteiger partial charge in [0.05, 0.1) is 17.4 Å². The maximum atomic E-state index is 15.1. The van der Waals surface area contributed by atoms with Crippen molar-refractivity contribution in [1.29, 1.82) is 5.26 Å². The zero-order valence-electron chi connectivity index (χ0n) is 21.3. The first-order valence-corrected chi connectivity index (χ1v) is 13.2. The molecule has 1 aliphatic carbocycles. The molecule has 5 rings (SSSR count). The third-order valence-electron chi connectivity index (χ3n) is 7.74. The van der Waals surface area contributed by atoms with E-state index in [4.69, 9.17) is 10.00 Å². The summed E-state index contributed by atoms with van der Waals surface area (Å²) in [5.74, 6) is -0.966. The zero-order chi connectivity index (χ0) is 27.9.